The van der Waals surface area contributed by atoms with E-state index in [0.717, 1.165) is 18.4 Å². The molecule has 1 aromatic rings. The summed E-state index contributed by atoms with van der Waals surface area (Å²) in [5.74, 6) is -0.153. The maximum absolute atomic E-state index is 12.0. The summed E-state index contributed by atoms with van der Waals surface area (Å²) in [5, 5.41) is 8.71. The molecule has 122 valence electrons. The van der Waals surface area contributed by atoms with Crippen molar-refractivity contribution in [2.75, 3.05) is 0 Å². The quantitative estimate of drug-likeness (QED) is 0.753. The van der Waals surface area contributed by atoms with E-state index in [1.54, 1.807) is 0 Å². The van der Waals surface area contributed by atoms with Crippen LogP contribution in [0.4, 0.5) is 0 Å². The van der Waals surface area contributed by atoms with Gasteiger partial charge in [0.05, 0.1) is 31.3 Å². The average Bonchev–Trinajstić information content (AvgIpc) is 2.55. The molecule has 0 aromatic heterocycles. The van der Waals surface area contributed by atoms with Crippen LogP contribution in [0, 0.1) is 11.3 Å². The Labute approximate surface area is 137 Å². The minimum atomic E-state index is -0.543. The van der Waals surface area contributed by atoms with Crippen LogP contribution in [-0.4, -0.2) is 24.1 Å². The Morgan fingerprint density at radius 3 is 2.74 bits per heavy atom. The zero-order chi connectivity index (χ0) is 16.5. The monoisotopic (exact) mass is 313 g/mol. The van der Waals surface area contributed by atoms with E-state index in [1.807, 2.05) is 55.5 Å². The molecule has 1 aromatic carbocycles. The molecule has 0 N–H and O–H groups in total. The van der Waals surface area contributed by atoms with Gasteiger partial charge in [0.15, 0.2) is 5.78 Å². The van der Waals surface area contributed by atoms with Gasteiger partial charge in [0.25, 0.3) is 0 Å². The van der Waals surface area contributed by atoms with E-state index < -0.39 is 6.10 Å². The van der Waals surface area contributed by atoms with E-state index in [2.05, 4.69) is 0 Å². The molecule has 3 atom stereocenters. The van der Waals surface area contributed by atoms with Crippen molar-refractivity contribution in [1.82, 2.24) is 0 Å². The molecular formula is C19H23NO3. The van der Waals surface area contributed by atoms with Crippen molar-refractivity contribution in [3.8, 4) is 6.07 Å². The highest BCUT2D eigenvalue weighted by molar-refractivity contribution is 5.85. The Kier molecular flexibility index (Phi) is 6.99. The zero-order valence-corrected chi connectivity index (χ0v) is 13.5. The molecule has 0 saturated heterocycles. The van der Waals surface area contributed by atoms with Gasteiger partial charge < -0.3 is 9.47 Å². The minimum absolute atomic E-state index is 0.0888. The first-order chi connectivity index (χ1) is 11.2. The summed E-state index contributed by atoms with van der Waals surface area (Å²) in [7, 11) is 0. The van der Waals surface area contributed by atoms with E-state index in [-0.39, 0.29) is 24.4 Å². The highest BCUT2D eigenvalue weighted by Gasteiger charge is 2.28. The smallest absolute Gasteiger partial charge is 0.175 e. The maximum atomic E-state index is 12.0. The largest absolute Gasteiger partial charge is 0.371 e. The van der Waals surface area contributed by atoms with Crippen molar-refractivity contribution in [2.45, 2.75) is 57.5 Å². The summed E-state index contributed by atoms with van der Waals surface area (Å²) in [6, 6.07) is 11.9. The van der Waals surface area contributed by atoms with Gasteiger partial charge in [0.2, 0.25) is 0 Å². The lowest BCUT2D eigenvalue weighted by Gasteiger charge is -2.30. The second kappa shape index (κ2) is 9.24. The third kappa shape index (κ3) is 5.31. The minimum Gasteiger partial charge on any atom is -0.371 e. The molecule has 4 nitrogen and oxygen atoms in total. The fraction of sp³-hybridized carbons (Fsp3) is 0.474. The summed E-state index contributed by atoms with van der Waals surface area (Å²) in [6.07, 6.45) is 5.18. The second-order valence-electron chi connectivity index (χ2n) is 5.65. The SMILES string of the molecule is CC[C@H]1O[C@@H](C(=O)CC#N)C/C=C\C[C@H]1OCc1ccccc1. The Balaban J connectivity index is 2.01. The molecule has 1 heterocycles. The number of nitriles is 1. The molecule has 23 heavy (non-hydrogen) atoms. The Bertz CT molecular complexity index is 562. The molecular weight excluding hydrogens is 290 g/mol. The van der Waals surface area contributed by atoms with Crippen LogP contribution >= 0.6 is 0 Å². The first-order valence-corrected chi connectivity index (χ1v) is 8.10. The first kappa shape index (κ1) is 17.4. The van der Waals surface area contributed by atoms with E-state index >= 15 is 0 Å². The van der Waals surface area contributed by atoms with Crippen LogP contribution < -0.4 is 0 Å². The topological polar surface area (TPSA) is 59.3 Å². The Hall–Kier alpha value is -1.96. The molecule has 0 aliphatic carbocycles. The van der Waals surface area contributed by atoms with Crippen LogP contribution in [0.25, 0.3) is 0 Å². The summed E-state index contributed by atoms with van der Waals surface area (Å²) in [6.45, 7) is 2.55. The van der Waals surface area contributed by atoms with Gasteiger partial charge >= 0.3 is 0 Å². The van der Waals surface area contributed by atoms with Crippen LogP contribution in [0.15, 0.2) is 42.5 Å². The van der Waals surface area contributed by atoms with Crippen molar-refractivity contribution < 1.29 is 14.3 Å². The van der Waals surface area contributed by atoms with Gasteiger partial charge in [-0.15, -0.1) is 0 Å². The van der Waals surface area contributed by atoms with Crippen molar-refractivity contribution in [3.05, 3.63) is 48.0 Å². The van der Waals surface area contributed by atoms with Crippen molar-refractivity contribution in [2.24, 2.45) is 0 Å². The predicted octanol–water partition coefficient (Wildman–Crippen LogP) is 3.57. The van der Waals surface area contributed by atoms with Crippen LogP contribution in [0.2, 0.25) is 0 Å². The summed E-state index contributed by atoms with van der Waals surface area (Å²) >= 11 is 0. The van der Waals surface area contributed by atoms with Crippen molar-refractivity contribution in [3.63, 3.8) is 0 Å². The average molecular weight is 313 g/mol. The third-order valence-electron chi connectivity index (χ3n) is 3.96. The summed E-state index contributed by atoms with van der Waals surface area (Å²) in [4.78, 5) is 12.0. The molecule has 0 bridgehead atoms. The van der Waals surface area contributed by atoms with Gasteiger partial charge in [0.1, 0.15) is 6.10 Å². The summed E-state index contributed by atoms with van der Waals surface area (Å²) < 4.78 is 12.0. The van der Waals surface area contributed by atoms with Gasteiger partial charge in [-0.25, -0.2) is 0 Å². The number of hydrogen-bond acceptors (Lipinski definition) is 4. The number of Topliss-reactive ketones (excluding diaryl/α,β-unsaturated/α-hetero) is 1. The van der Waals surface area contributed by atoms with Gasteiger partial charge in [-0.1, -0.05) is 49.4 Å². The van der Waals surface area contributed by atoms with Gasteiger partial charge in [-0.2, -0.15) is 5.26 Å². The van der Waals surface area contributed by atoms with Crippen LogP contribution in [0.5, 0.6) is 0 Å². The molecule has 0 saturated carbocycles. The lowest BCUT2D eigenvalue weighted by atomic mass is 10.0. The highest BCUT2D eigenvalue weighted by atomic mass is 16.5. The molecule has 0 amide bonds. The van der Waals surface area contributed by atoms with E-state index in [4.69, 9.17) is 14.7 Å². The molecule has 1 aliphatic heterocycles. The molecule has 0 spiro atoms. The fourth-order valence-electron chi connectivity index (χ4n) is 2.67. The highest BCUT2D eigenvalue weighted by Crippen LogP contribution is 2.21. The number of ketones is 1. The van der Waals surface area contributed by atoms with E-state index in [0.29, 0.717) is 13.0 Å². The molecule has 2 rings (SSSR count). The Morgan fingerprint density at radius 1 is 1.30 bits per heavy atom. The third-order valence-corrected chi connectivity index (χ3v) is 3.96. The van der Waals surface area contributed by atoms with Crippen molar-refractivity contribution in [1.29, 1.82) is 5.26 Å². The number of carbonyl (C=O) groups is 1. The lowest BCUT2D eigenvalue weighted by Crippen LogP contribution is -2.38. The Morgan fingerprint density at radius 2 is 2.04 bits per heavy atom. The van der Waals surface area contributed by atoms with Crippen molar-refractivity contribution >= 4 is 5.78 Å². The van der Waals surface area contributed by atoms with E-state index in [1.165, 1.54) is 0 Å². The second-order valence-corrected chi connectivity index (χ2v) is 5.65. The normalized spacial score (nSPS) is 25.8. The standard InChI is InChI=1S/C19H23NO3/c1-2-17-19(22-14-15-8-4-3-5-9-15)11-7-6-10-18(23-17)16(21)12-13-20/h3-9,17-19H,2,10-12,14H2,1H3/b7-6-/t17-,18-,19-/m1/s1. The number of hydrogen-bond donors (Lipinski definition) is 0. The number of ether oxygens (including phenoxy) is 2. The molecule has 1 aliphatic rings. The van der Waals surface area contributed by atoms with Crippen LogP contribution in [0.1, 0.15) is 38.2 Å². The number of nitrogens with zero attached hydrogens (tertiary/aromatic N) is 1. The summed E-state index contributed by atoms with van der Waals surface area (Å²) in [5.41, 5.74) is 1.12. The van der Waals surface area contributed by atoms with Gasteiger partial charge in [-0.05, 0) is 24.8 Å². The number of benzene rings is 1. The molecule has 4 heteroatoms. The number of rotatable bonds is 6. The van der Waals surface area contributed by atoms with Gasteiger partial charge in [-0.3, -0.25) is 4.79 Å². The maximum Gasteiger partial charge on any atom is 0.175 e. The van der Waals surface area contributed by atoms with Crippen LogP contribution in [-0.2, 0) is 20.9 Å². The lowest BCUT2D eigenvalue weighted by molar-refractivity contribution is -0.144. The zero-order valence-electron chi connectivity index (χ0n) is 13.5. The van der Waals surface area contributed by atoms with Crippen LogP contribution in [0.3, 0.4) is 0 Å². The van der Waals surface area contributed by atoms with E-state index in [9.17, 15) is 4.79 Å². The number of carbonyl (C=O) groups excluding carboxylic acids is 1. The molecule has 0 fully saturated rings. The molecule has 0 radical (unpaired) electrons. The predicted molar refractivity (Wildman–Crippen MR) is 87.6 cm³/mol. The van der Waals surface area contributed by atoms with Gasteiger partial charge in [0, 0.05) is 0 Å². The fourth-order valence-corrected chi connectivity index (χ4v) is 2.67. The first-order valence-electron chi connectivity index (χ1n) is 8.10. The molecule has 0 unspecified atom stereocenters.